The molecule has 6 nitrogen and oxygen atoms in total. The summed E-state index contributed by atoms with van der Waals surface area (Å²) in [5.41, 5.74) is 0. The predicted octanol–water partition coefficient (Wildman–Crippen LogP) is 20.8. The first-order valence-electron chi connectivity index (χ1n) is 31.3. The third-order valence-electron chi connectivity index (χ3n) is 14.8. The highest BCUT2D eigenvalue weighted by Gasteiger charge is 2.19. The summed E-state index contributed by atoms with van der Waals surface area (Å²) >= 11 is 0. The smallest absolute Gasteiger partial charge is 0.306 e. The number of esters is 3. The van der Waals surface area contributed by atoms with Crippen molar-refractivity contribution in [3.8, 4) is 0 Å². The minimum Gasteiger partial charge on any atom is -0.462 e. The van der Waals surface area contributed by atoms with Crippen LogP contribution in [-0.2, 0) is 28.6 Å². The van der Waals surface area contributed by atoms with E-state index in [9.17, 15) is 14.4 Å². The molecule has 0 spiro atoms. The van der Waals surface area contributed by atoms with E-state index >= 15 is 0 Å². The molecule has 1 unspecified atom stereocenters. The summed E-state index contributed by atoms with van der Waals surface area (Å²) in [5.74, 6) is 0.848. The van der Waals surface area contributed by atoms with Crippen LogP contribution in [0.4, 0.5) is 0 Å². The van der Waals surface area contributed by atoms with E-state index in [4.69, 9.17) is 14.2 Å². The first-order chi connectivity index (χ1) is 33.8. The summed E-state index contributed by atoms with van der Waals surface area (Å²) in [6, 6.07) is 0. The van der Waals surface area contributed by atoms with Crippen LogP contribution < -0.4 is 0 Å². The van der Waals surface area contributed by atoms with Gasteiger partial charge in [0.1, 0.15) is 13.2 Å². The second-order valence-electron chi connectivity index (χ2n) is 22.4. The summed E-state index contributed by atoms with van der Waals surface area (Å²) in [5, 5.41) is 0. The largest absolute Gasteiger partial charge is 0.462 e. The van der Waals surface area contributed by atoms with Gasteiger partial charge >= 0.3 is 17.9 Å². The highest BCUT2D eigenvalue weighted by molar-refractivity contribution is 5.71. The van der Waals surface area contributed by atoms with Gasteiger partial charge in [0.25, 0.3) is 0 Å². The summed E-state index contributed by atoms with van der Waals surface area (Å²) in [4.78, 5) is 38.2. The second-order valence-corrected chi connectivity index (χ2v) is 22.4. The van der Waals surface area contributed by atoms with Crippen LogP contribution in [0.15, 0.2) is 0 Å². The number of ether oxygens (including phenoxy) is 3. The van der Waals surface area contributed by atoms with E-state index in [2.05, 4.69) is 34.6 Å². The molecule has 0 aromatic heterocycles. The van der Waals surface area contributed by atoms with Gasteiger partial charge in [0.05, 0.1) is 0 Å². The Labute approximate surface area is 431 Å². The molecule has 0 heterocycles. The van der Waals surface area contributed by atoms with Gasteiger partial charge in [-0.05, 0) is 31.1 Å². The molecule has 0 aromatic rings. The molecule has 0 rings (SSSR count). The lowest BCUT2D eigenvalue weighted by atomic mass is 9.99. The van der Waals surface area contributed by atoms with Gasteiger partial charge in [-0.3, -0.25) is 14.4 Å². The van der Waals surface area contributed by atoms with Crippen molar-refractivity contribution in [2.75, 3.05) is 13.2 Å². The normalized spacial score (nSPS) is 12.4. The molecule has 0 aliphatic rings. The van der Waals surface area contributed by atoms with Gasteiger partial charge < -0.3 is 14.2 Å². The van der Waals surface area contributed by atoms with E-state index in [1.807, 2.05) is 0 Å². The second kappa shape index (κ2) is 55.7. The molecule has 410 valence electrons. The summed E-state index contributed by atoms with van der Waals surface area (Å²) in [6.45, 7) is 11.4. The van der Waals surface area contributed by atoms with Crippen molar-refractivity contribution >= 4 is 17.9 Å². The molecule has 0 fully saturated rings. The quantitative estimate of drug-likeness (QED) is 0.0343. The number of hydrogen-bond donors (Lipinski definition) is 0. The van der Waals surface area contributed by atoms with Crippen molar-refractivity contribution in [1.29, 1.82) is 0 Å². The van der Waals surface area contributed by atoms with Crippen LogP contribution >= 0.6 is 0 Å². The lowest BCUT2D eigenvalue weighted by Crippen LogP contribution is -2.30. The molecule has 6 heteroatoms. The average Bonchev–Trinajstić information content (AvgIpc) is 3.34. The van der Waals surface area contributed by atoms with Crippen LogP contribution in [0.5, 0.6) is 0 Å². The summed E-state index contributed by atoms with van der Waals surface area (Å²) < 4.78 is 16.9. The summed E-state index contributed by atoms with van der Waals surface area (Å²) in [6.07, 6.45) is 61.2. The molecule has 0 bridgehead atoms. The molecule has 0 radical (unpaired) electrons. The Morgan fingerprint density at radius 2 is 0.551 bits per heavy atom. The average molecular weight is 976 g/mol. The number of unbranched alkanes of at least 4 members (excludes halogenated alkanes) is 41. The first-order valence-corrected chi connectivity index (χ1v) is 31.3. The molecule has 0 saturated carbocycles. The van der Waals surface area contributed by atoms with E-state index in [0.29, 0.717) is 19.3 Å². The third kappa shape index (κ3) is 55.6. The lowest BCUT2D eigenvalue weighted by molar-refractivity contribution is -0.167. The minimum atomic E-state index is -0.764. The Morgan fingerprint density at radius 3 is 0.826 bits per heavy atom. The van der Waals surface area contributed by atoms with E-state index in [-0.39, 0.29) is 31.1 Å². The van der Waals surface area contributed by atoms with Gasteiger partial charge in [-0.1, -0.05) is 317 Å². The zero-order chi connectivity index (χ0) is 50.4. The van der Waals surface area contributed by atoms with E-state index in [1.54, 1.807) is 0 Å². The number of carbonyl (C=O) groups excluding carboxylic acids is 3. The van der Waals surface area contributed by atoms with Crippen LogP contribution in [0.3, 0.4) is 0 Å². The highest BCUT2D eigenvalue weighted by atomic mass is 16.6. The van der Waals surface area contributed by atoms with Crippen LogP contribution in [0.25, 0.3) is 0 Å². The monoisotopic (exact) mass is 975 g/mol. The van der Waals surface area contributed by atoms with E-state index in [0.717, 1.165) is 69.6 Å². The molecular formula is C63H122O6. The van der Waals surface area contributed by atoms with Crippen LogP contribution in [0, 0.1) is 11.8 Å². The molecule has 2 atom stereocenters. The van der Waals surface area contributed by atoms with Crippen molar-refractivity contribution in [2.24, 2.45) is 11.8 Å². The SMILES string of the molecule is CCCCCCCCCCCCCCCCCCCCCC(=O)OC[C@@H](COC(=O)CCCCCCCCCCCCCCCCCCCCC(C)CC)OC(=O)CCCCCCCCCC(C)C. The molecular weight excluding hydrogens is 853 g/mol. The maximum atomic E-state index is 12.8. The Hall–Kier alpha value is -1.59. The van der Waals surface area contributed by atoms with Crippen LogP contribution in [-0.4, -0.2) is 37.2 Å². The van der Waals surface area contributed by atoms with Crippen molar-refractivity contribution < 1.29 is 28.6 Å². The molecule has 0 amide bonds. The van der Waals surface area contributed by atoms with Gasteiger partial charge in [-0.2, -0.15) is 0 Å². The molecule has 0 aliphatic carbocycles. The van der Waals surface area contributed by atoms with Gasteiger partial charge in [0.15, 0.2) is 6.10 Å². The Bertz CT molecular complexity index is 1060. The van der Waals surface area contributed by atoms with Gasteiger partial charge in [0.2, 0.25) is 0 Å². The highest BCUT2D eigenvalue weighted by Crippen LogP contribution is 2.19. The number of rotatable bonds is 57. The van der Waals surface area contributed by atoms with Crippen molar-refractivity contribution in [1.82, 2.24) is 0 Å². The zero-order valence-corrected chi connectivity index (χ0v) is 47.5. The maximum absolute atomic E-state index is 12.8. The zero-order valence-electron chi connectivity index (χ0n) is 47.5. The van der Waals surface area contributed by atoms with E-state index in [1.165, 1.54) is 244 Å². The summed E-state index contributed by atoms with van der Waals surface area (Å²) in [7, 11) is 0. The topological polar surface area (TPSA) is 78.9 Å². The Balaban J connectivity index is 4.16. The molecule has 0 aromatic carbocycles. The molecule has 0 N–H and O–H groups in total. The fourth-order valence-corrected chi connectivity index (χ4v) is 9.73. The molecule has 69 heavy (non-hydrogen) atoms. The Kier molecular flexibility index (Phi) is 54.4. The lowest BCUT2D eigenvalue weighted by Gasteiger charge is -2.18. The number of carbonyl (C=O) groups is 3. The standard InChI is InChI=1S/C63H122O6/c1-6-8-9-10-11-12-13-14-15-16-17-21-24-27-30-33-38-43-48-53-61(64)67-56-60(69-63(66)55-50-45-40-35-36-41-46-51-58(3)4)57-68-62(65)54-49-44-39-34-31-28-25-22-19-18-20-23-26-29-32-37-42-47-52-59(5)7-2/h58-60H,6-57H2,1-5H3/t59?,60-/m0/s1. The van der Waals surface area contributed by atoms with Crippen molar-refractivity contribution in [3.05, 3.63) is 0 Å². The van der Waals surface area contributed by atoms with Gasteiger partial charge in [-0.25, -0.2) is 0 Å². The first kappa shape index (κ1) is 67.4. The van der Waals surface area contributed by atoms with E-state index < -0.39 is 6.10 Å². The van der Waals surface area contributed by atoms with Crippen LogP contribution in [0.2, 0.25) is 0 Å². The Morgan fingerprint density at radius 1 is 0.304 bits per heavy atom. The molecule has 0 aliphatic heterocycles. The minimum absolute atomic E-state index is 0.0632. The predicted molar refractivity (Wildman–Crippen MR) is 298 cm³/mol. The van der Waals surface area contributed by atoms with Crippen molar-refractivity contribution in [2.45, 2.75) is 362 Å². The maximum Gasteiger partial charge on any atom is 0.306 e. The molecule has 0 saturated heterocycles. The van der Waals surface area contributed by atoms with Gasteiger partial charge in [0, 0.05) is 19.3 Å². The number of hydrogen-bond acceptors (Lipinski definition) is 6. The fraction of sp³-hybridized carbons (Fsp3) is 0.952. The third-order valence-corrected chi connectivity index (χ3v) is 14.8. The fourth-order valence-electron chi connectivity index (χ4n) is 9.73. The van der Waals surface area contributed by atoms with Crippen molar-refractivity contribution in [3.63, 3.8) is 0 Å². The van der Waals surface area contributed by atoms with Gasteiger partial charge in [-0.15, -0.1) is 0 Å². The van der Waals surface area contributed by atoms with Crippen LogP contribution in [0.1, 0.15) is 356 Å².